The number of hydrogen-bond acceptors (Lipinski definition) is 3. The van der Waals surface area contributed by atoms with Crippen LogP contribution in [0.2, 0.25) is 0 Å². The Balaban J connectivity index is 2.08. The first-order valence-electron chi connectivity index (χ1n) is 5.81. The van der Waals surface area contributed by atoms with Crippen LogP contribution in [0.25, 0.3) is 0 Å². The van der Waals surface area contributed by atoms with Crippen molar-refractivity contribution in [1.82, 2.24) is 9.78 Å². The van der Waals surface area contributed by atoms with Crippen LogP contribution in [0.5, 0.6) is 5.75 Å². The van der Waals surface area contributed by atoms with Crippen molar-refractivity contribution in [1.29, 1.82) is 0 Å². The van der Waals surface area contributed by atoms with Gasteiger partial charge < -0.3 is 10.4 Å². The van der Waals surface area contributed by atoms with Gasteiger partial charge in [-0.1, -0.05) is 12.1 Å². The molecule has 0 saturated carbocycles. The predicted molar refractivity (Wildman–Crippen MR) is 68.4 cm³/mol. The van der Waals surface area contributed by atoms with Crippen LogP contribution < -0.4 is 5.32 Å². The number of aryl methyl sites for hydroxylation is 2. The van der Waals surface area contributed by atoms with E-state index in [2.05, 4.69) is 10.4 Å². The summed E-state index contributed by atoms with van der Waals surface area (Å²) in [5.74, 6) is 1.05. The fraction of sp³-hybridized carbons (Fsp3) is 0.308. The van der Waals surface area contributed by atoms with Gasteiger partial charge in [0.25, 0.3) is 0 Å². The molecule has 1 heterocycles. The molecular formula is C13H16FN3O. The number of halogens is 1. The molecule has 0 saturated heterocycles. The van der Waals surface area contributed by atoms with Crippen LogP contribution in [-0.4, -0.2) is 21.6 Å². The molecule has 1 aromatic carbocycles. The van der Waals surface area contributed by atoms with Crippen LogP contribution in [0.3, 0.4) is 0 Å². The smallest absolute Gasteiger partial charge is 0.127 e. The van der Waals surface area contributed by atoms with Crippen molar-refractivity contribution in [2.45, 2.75) is 20.0 Å². The van der Waals surface area contributed by atoms with E-state index in [0.29, 0.717) is 6.54 Å². The first-order chi connectivity index (χ1) is 8.70. The zero-order chi connectivity index (χ0) is 13.0. The van der Waals surface area contributed by atoms with Crippen LogP contribution in [-0.2, 0) is 13.1 Å². The molecule has 1 aromatic heterocycles. The summed E-state index contributed by atoms with van der Waals surface area (Å²) in [5, 5.41) is 16.7. The lowest BCUT2D eigenvalue weighted by Crippen LogP contribution is -2.09. The fourth-order valence-electron chi connectivity index (χ4n) is 1.81. The highest BCUT2D eigenvalue weighted by atomic mass is 19.1. The minimum absolute atomic E-state index is 0.239. The maximum absolute atomic E-state index is 12.4. The Bertz CT molecular complexity index is 525. The third-order valence-corrected chi connectivity index (χ3v) is 2.69. The molecule has 0 amide bonds. The summed E-state index contributed by atoms with van der Waals surface area (Å²) in [7, 11) is 0. The number of hydrogen-bond donors (Lipinski definition) is 2. The fourth-order valence-corrected chi connectivity index (χ4v) is 1.81. The topological polar surface area (TPSA) is 50.1 Å². The second kappa shape index (κ2) is 5.53. The minimum Gasteiger partial charge on any atom is -0.508 e. The Morgan fingerprint density at radius 3 is 3.00 bits per heavy atom. The molecule has 2 aromatic rings. The number of aromatic hydroxyl groups is 1. The highest BCUT2D eigenvalue weighted by molar-refractivity contribution is 5.44. The molecule has 0 spiro atoms. The third-order valence-electron chi connectivity index (χ3n) is 2.69. The van der Waals surface area contributed by atoms with Crippen LogP contribution in [0.1, 0.15) is 11.1 Å². The van der Waals surface area contributed by atoms with E-state index < -0.39 is 6.67 Å². The molecule has 0 aliphatic rings. The molecule has 0 radical (unpaired) electrons. The van der Waals surface area contributed by atoms with Gasteiger partial charge in [-0.15, -0.1) is 0 Å². The molecule has 0 aliphatic carbocycles. The van der Waals surface area contributed by atoms with Crippen molar-refractivity contribution in [2.75, 3.05) is 12.0 Å². The standard InChI is InChI=1S/C13H16FN3O/c1-10-8-16-17(6-5-14)13(10)15-9-11-3-2-4-12(18)7-11/h2-4,7-8,15,18H,5-6,9H2,1H3. The number of aromatic nitrogens is 2. The van der Waals surface area contributed by atoms with Crippen molar-refractivity contribution >= 4 is 5.82 Å². The molecule has 0 unspecified atom stereocenters. The number of phenolic OH excluding ortho intramolecular Hbond substituents is 1. The minimum atomic E-state index is -0.443. The molecule has 0 fully saturated rings. The zero-order valence-electron chi connectivity index (χ0n) is 10.2. The number of rotatable bonds is 5. The van der Waals surface area contributed by atoms with Crippen molar-refractivity contribution in [2.24, 2.45) is 0 Å². The quantitative estimate of drug-likeness (QED) is 0.856. The van der Waals surface area contributed by atoms with E-state index in [0.717, 1.165) is 16.9 Å². The molecular weight excluding hydrogens is 233 g/mol. The average Bonchev–Trinajstić information content (AvgIpc) is 2.69. The number of benzene rings is 1. The van der Waals surface area contributed by atoms with Crippen LogP contribution in [0.4, 0.5) is 10.2 Å². The summed E-state index contributed by atoms with van der Waals surface area (Å²) in [5.41, 5.74) is 1.94. The van der Waals surface area contributed by atoms with Gasteiger partial charge in [0.1, 0.15) is 18.2 Å². The van der Waals surface area contributed by atoms with Crippen molar-refractivity contribution < 1.29 is 9.50 Å². The van der Waals surface area contributed by atoms with E-state index in [1.807, 2.05) is 13.0 Å². The second-order valence-electron chi connectivity index (χ2n) is 4.11. The molecule has 2 N–H and O–H groups in total. The van der Waals surface area contributed by atoms with Gasteiger partial charge in [0, 0.05) is 12.1 Å². The predicted octanol–water partition coefficient (Wildman–Crippen LogP) is 2.48. The number of alkyl halides is 1. The zero-order valence-corrected chi connectivity index (χ0v) is 10.2. The summed E-state index contributed by atoms with van der Waals surface area (Å²) in [4.78, 5) is 0. The van der Waals surface area contributed by atoms with Gasteiger partial charge in [-0.05, 0) is 24.6 Å². The summed E-state index contributed by atoms with van der Waals surface area (Å²) < 4.78 is 14.0. The third kappa shape index (κ3) is 2.80. The highest BCUT2D eigenvalue weighted by Gasteiger charge is 2.06. The molecule has 96 valence electrons. The number of anilines is 1. The van der Waals surface area contributed by atoms with Crippen LogP contribution in [0, 0.1) is 6.92 Å². The largest absolute Gasteiger partial charge is 0.508 e. The summed E-state index contributed by atoms with van der Waals surface area (Å²) in [6, 6.07) is 7.02. The van der Waals surface area contributed by atoms with Gasteiger partial charge in [0.05, 0.1) is 12.7 Å². The molecule has 5 heteroatoms. The van der Waals surface area contributed by atoms with Gasteiger partial charge >= 0.3 is 0 Å². The van der Waals surface area contributed by atoms with E-state index in [-0.39, 0.29) is 12.3 Å². The van der Waals surface area contributed by atoms with E-state index in [1.54, 1.807) is 29.1 Å². The number of nitrogens with zero attached hydrogens (tertiary/aromatic N) is 2. The molecule has 0 aliphatic heterocycles. The maximum atomic E-state index is 12.4. The van der Waals surface area contributed by atoms with E-state index in [1.165, 1.54) is 0 Å². The lowest BCUT2D eigenvalue weighted by Gasteiger charge is -2.10. The lowest BCUT2D eigenvalue weighted by molar-refractivity contribution is 0.429. The Labute approximate surface area is 105 Å². The van der Waals surface area contributed by atoms with E-state index in [4.69, 9.17) is 0 Å². The van der Waals surface area contributed by atoms with Gasteiger partial charge in [-0.2, -0.15) is 5.10 Å². The van der Waals surface area contributed by atoms with E-state index in [9.17, 15) is 9.50 Å². The van der Waals surface area contributed by atoms with Crippen molar-refractivity contribution in [3.05, 3.63) is 41.6 Å². The summed E-state index contributed by atoms with van der Waals surface area (Å²) >= 11 is 0. The second-order valence-corrected chi connectivity index (χ2v) is 4.11. The summed E-state index contributed by atoms with van der Waals surface area (Å²) in [6.07, 6.45) is 1.71. The van der Waals surface area contributed by atoms with Crippen LogP contribution in [0.15, 0.2) is 30.5 Å². The Hall–Kier alpha value is -2.04. The maximum Gasteiger partial charge on any atom is 0.127 e. The molecule has 2 rings (SSSR count). The molecule has 0 bridgehead atoms. The Kier molecular flexibility index (Phi) is 3.82. The monoisotopic (exact) mass is 249 g/mol. The first kappa shape index (κ1) is 12.4. The average molecular weight is 249 g/mol. The molecule has 18 heavy (non-hydrogen) atoms. The first-order valence-corrected chi connectivity index (χ1v) is 5.81. The van der Waals surface area contributed by atoms with E-state index >= 15 is 0 Å². The van der Waals surface area contributed by atoms with Gasteiger partial charge in [-0.25, -0.2) is 9.07 Å². The SMILES string of the molecule is Cc1cnn(CCF)c1NCc1cccc(O)c1. The molecule has 4 nitrogen and oxygen atoms in total. The lowest BCUT2D eigenvalue weighted by atomic mass is 10.2. The van der Waals surface area contributed by atoms with Crippen molar-refractivity contribution in [3.63, 3.8) is 0 Å². The highest BCUT2D eigenvalue weighted by Crippen LogP contribution is 2.17. The van der Waals surface area contributed by atoms with Crippen LogP contribution >= 0.6 is 0 Å². The Morgan fingerprint density at radius 1 is 1.44 bits per heavy atom. The van der Waals surface area contributed by atoms with Crippen molar-refractivity contribution in [3.8, 4) is 5.75 Å². The van der Waals surface area contributed by atoms with Gasteiger partial charge in [0.15, 0.2) is 0 Å². The Morgan fingerprint density at radius 2 is 2.28 bits per heavy atom. The number of phenols is 1. The number of nitrogens with one attached hydrogen (secondary N) is 1. The summed E-state index contributed by atoms with van der Waals surface area (Å²) in [6.45, 7) is 2.29. The normalized spacial score (nSPS) is 10.6. The van der Waals surface area contributed by atoms with Gasteiger partial charge in [0.2, 0.25) is 0 Å². The molecule has 0 atom stereocenters. The van der Waals surface area contributed by atoms with Gasteiger partial charge in [-0.3, -0.25) is 0 Å².